The molecule has 2 fully saturated rings. The number of sulfonamides is 1. The predicted molar refractivity (Wildman–Crippen MR) is 149 cm³/mol. The lowest BCUT2D eigenvalue weighted by atomic mass is 9.93. The summed E-state index contributed by atoms with van der Waals surface area (Å²) in [6, 6.07) is 10.9. The highest BCUT2D eigenvalue weighted by Gasteiger charge is 2.45. The van der Waals surface area contributed by atoms with E-state index in [1.165, 1.54) is 16.4 Å². The number of sulfone groups is 1. The normalized spacial score (nSPS) is 19.7. The number of halogens is 3. The van der Waals surface area contributed by atoms with Gasteiger partial charge >= 0.3 is 0 Å². The van der Waals surface area contributed by atoms with E-state index in [0.29, 0.717) is 33.7 Å². The number of nitrogens with zero attached hydrogens (tertiary/aromatic N) is 1. The summed E-state index contributed by atoms with van der Waals surface area (Å²) in [5.74, 6) is -0.894. The zero-order chi connectivity index (χ0) is 27.7. The maximum atomic E-state index is 15.6. The van der Waals surface area contributed by atoms with E-state index >= 15 is 4.39 Å². The molecule has 0 spiro atoms. The van der Waals surface area contributed by atoms with Gasteiger partial charge < -0.3 is 10.6 Å². The van der Waals surface area contributed by atoms with Crippen LogP contribution in [0.2, 0.25) is 5.02 Å². The molecular formula is C25H28BrClFN3O5S2. The highest BCUT2D eigenvalue weighted by Crippen LogP contribution is 2.37. The third-order valence-corrected chi connectivity index (χ3v) is 11.3. The minimum absolute atomic E-state index is 0.0336. The number of hydrogen-bond acceptors (Lipinski definition) is 6. The Labute approximate surface area is 235 Å². The van der Waals surface area contributed by atoms with E-state index in [9.17, 15) is 21.6 Å². The van der Waals surface area contributed by atoms with Gasteiger partial charge in [-0.15, -0.1) is 0 Å². The van der Waals surface area contributed by atoms with Gasteiger partial charge in [0, 0.05) is 71.1 Å². The van der Waals surface area contributed by atoms with Gasteiger partial charge in [0.25, 0.3) is 5.91 Å². The standard InChI is InChI=1S/C25H28BrClFN3O5S2/c1-17(8-13-37(33,34)19-15-29-16-19)30-24(32)25(28)9-11-31(12-10-25)38(35,36)23-7-6-18(26)14-21(23)20-4-2-3-5-22(20)27/h2-8,13-14,17,19,29H,9-12,15-16H2,1H3,(H,30,32)/b13-8+/t17-/m1/s1. The van der Waals surface area contributed by atoms with Gasteiger partial charge in [0.15, 0.2) is 15.5 Å². The van der Waals surface area contributed by atoms with E-state index in [1.807, 2.05) is 0 Å². The lowest BCUT2D eigenvalue weighted by molar-refractivity contribution is -0.135. The molecule has 2 aromatic rings. The van der Waals surface area contributed by atoms with Gasteiger partial charge in [0.1, 0.15) is 0 Å². The van der Waals surface area contributed by atoms with Gasteiger partial charge in [-0.05, 0) is 31.2 Å². The van der Waals surface area contributed by atoms with Crippen molar-refractivity contribution >= 4 is 53.3 Å². The molecule has 2 saturated heterocycles. The first kappa shape index (κ1) is 29.2. The maximum Gasteiger partial charge on any atom is 0.258 e. The number of rotatable bonds is 8. The van der Waals surface area contributed by atoms with Crippen molar-refractivity contribution < 1.29 is 26.0 Å². The first-order chi connectivity index (χ1) is 17.8. The Morgan fingerprint density at radius 2 is 1.82 bits per heavy atom. The monoisotopic (exact) mass is 647 g/mol. The number of alkyl halides is 1. The molecular weight excluding hydrogens is 621 g/mol. The van der Waals surface area contributed by atoms with Crippen molar-refractivity contribution in [2.45, 2.75) is 41.6 Å². The quantitative estimate of drug-likeness (QED) is 0.452. The van der Waals surface area contributed by atoms with Crippen LogP contribution in [0.3, 0.4) is 0 Å². The molecule has 4 rings (SSSR count). The van der Waals surface area contributed by atoms with E-state index in [0.717, 1.165) is 5.41 Å². The molecule has 2 aliphatic rings. The average Bonchev–Trinajstić information content (AvgIpc) is 2.82. The third-order valence-electron chi connectivity index (χ3n) is 6.77. The first-order valence-corrected chi connectivity index (χ1v) is 16.2. The van der Waals surface area contributed by atoms with E-state index in [-0.39, 0.29) is 30.8 Å². The summed E-state index contributed by atoms with van der Waals surface area (Å²) in [4.78, 5) is 12.8. The van der Waals surface area contributed by atoms with Crippen LogP contribution in [0.1, 0.15) is 19.8 Å². The van der Waals surface area contributed by atoms with Crippen LogP contribution in [0.5, 0.6) is 0 Å². The molecule has 206 valence electrons. The summed E-state index contributed by atoms with van der Waals surface area (Å²) in [6.07, 6.45) is 0.648. The van der Waals surface area contributed by atoms with Crippen LogP contribution in [0, 0.1) is 0 Å². The van der Waals surface area contributed by atoms with Crippen molar-refractivity contribution in [3.63, 3.8) is 0 Å². The van der Waals surface area contributed by atoms with Crippen molar-refractivity contribution in [2.75, 3.05) is 26.2 Å². The van der Waals surface area contributed by atoms with Crippen LogP contribution in [-0.4, -0.2) is 70.2 Å². The molecule has 2 heterocycles. The Balaban J connectivity index is 1.45. The molecule has 38 heavy (non-hydrogen) atoms. The number of carbonyl (C=O) groups excluding carboxylic acids is 1. The molecule has 0 saturated carbocycles. The number of carbonyl (C=O) groups is 1. The summed E-state index contributed by atoms with van der Waals surface area (Å²) in [5.41, 5.74) is -1.33. The maximum absolute atomic E-state index is 15.6. The third kappa shape index (κ3) is 6.15. The largest absolute Gasteiger partial charge is 0.347 e. The summed E-state index contributed by atoms with van der Waals surface area (Å²) in [5, 5.41) is 6.33. The first-order valence-electron chi connectivity index (χ1n) is 12.0. The number of amides is 1. The number of piperidine rings is 1. The van der Waals surface area contributed by atoms with E-state index in [4.69, 9.17) is 11.6 Å². The van der Waals surface area contributed by atoms with Gasteiger partial charge in [0.2, 0.25) is 10.0 Å². The minimum atomic E-state index is -4.03. The fourth-order valence-electron chi connectivity index (χ4n) is 4.28. The van der Waals surface area contributed by atoms with Gasteiger partial charge in [-0.25, -0.2) is 21.2 Å². The van der Waals surface area contributed by atoms with Crippen LogP contribution in [0.4, 0.5) is 4.39 Å². The molecule has 0 aromatic heterocycles. The molecule has 0 unspecified atom stereocenters. The van der Waals surface area contributed by atoms with Gasteiger partial charge in [-0.2, -0.15) is 4.31 Å². The van der Waals surface area contributed by atoms with Crippen molar-refractivity contribution in [1.82, 2.24) is 14.9 Å². The molecule has 13 heteroatoms. The minimum Gasteiger partial charge on any atom is -0.347 e. The van der Waals surface area contributed by atoms with Crippen molar-refractivity contribution in [1.29, 1.82) is 0 Å². The molecule has 2 aliphatic heterocycles. The van der Waals surface area contributed by atoms with Gasteiger partial charge in [-0.3, -0.25) is 4.79 Å². The number of benzene rings is 2. The number of hydrogen-bond donors (Lipinski definition) is 2. The molecule has 8 nitrogen and oxygen atoms in total. The average molecular weight is 649 g/mol. The fourth-order valence-corrected chi connectivity index (χ4v) is 7.89. The number of nitrogens with one attached hydrogen (secondary N) is 2. The van der Waals surface area contributed by atoms with Crippen LogP contribution in [0.25, 0.3) is 11.1 Å². The second kappa shape index (κ2) is 11.3. The second-order valence-corrected chi connectivity index (χ2v) is 14.8. The van der Waals surface area contributed by atoms with Crippen molar-refractivity contribution in [2.24, 2.45) is 0 Å². The second-order valence-electron chi connectivity index (χ2n) is 9.45. The lowest BCUT2D eigenvalue weighted by Gasteiger charge is -2.35. The Kier molecular flexibility index (Phi) is 8.70. The van der Waals surface area contributed by atoms with Crippen LogP contribution >= 0.6 is 27.5 Å². The Morgan fingerprint density at radius 1 is 1.16 bits per heavy atom. The highest BCUT2D eigenvalue weighted by molar-refractivity contribution is 9.10. The zero-order valence-electron chi connectivity index (χ0n) is 20.5. The SMILES string of the molecule is C[C@H](/C=C/S(=O)(=O)C1CNC1)NC(=O)C1(F)CCN(S(=O)(=O)c2ccc(Br)cc2-c2ccccc2Cl)CC1. The topological polar surface area (TPSA) is 113 Å². The summed E-state index contributed by atoms with van der Waals surface area (Å²) < 4.78 is 69.0. The highest BCUT2D eigenvalue weighted by atomic mass is 79.9. The van der Waals surface area contributed by atoms with Gasteiger partial charge in [0.05, 0.1) is 10.1 Å². The van der Waals surface area contributed by atoms with E-state index in [2.05, 4.69) is 26.6 Å². The van der Waals surface area contributed by atoms with Crippen LogP contribution in [-0.2, 0) is 24.7 Å². The van der Waals surface area contributed by atoms with Crippen molar-refractivity contribution in [3.8, 4) is 11.1 Å². The molecule has 1 amide bonds. The molecule has 0 bridgehead atoms. The Bertz CT molecular complexity index is 1460. The predicted octanol–water partition coefficient (Wildman–Crippen LogP) is 3.67. The molecule has 2 N–H and O–H groups in total. The Hall–Kier alpha value is -1.83. The molecule has 0 radical (unpaired) electrons. The molecule has 2 aromatic carbocycles. The van der Waals surface area contributed by atoms with E-state index < -0.39 is 42.7 Å². The van der Waals surface area contributed by atoms with Crippen molar-refractivity contribution in [3.05, 3.63) is 63.4 Å². The summed E-state index contributed by atoms with van der Waals surface area (Å²) >= 11 is 9.73. The fraction of sp³-hybridized carbons (Fsp3) is 0.400. The van der Waals surface area contributed by atoms with Crippen LogP contribution < -0.4 is 10.6 Å². The zero-order valence-corrected chi connectivity index (χ0v) is 24.5. The summed E-state index contributed by atoms with van der Waals surface area (Å²) in [7, 11) is -7.48. The molecule has 0 aliphatic carbocycles. The summed E-state index contributed by atoms with van der Waals surface area (Å²) in [6.45, 7) is 1.91. The molecule has 1 atom stereocenters. The lowest BCUT2D eigenvalue weighted by Crippen LogP contribution is -2.53. The Morgan fingerprint density at radius 3 is 2.42 bits per heavy atom. The van der Waals surface area contributed by atoms with Crippen LogP contribution in [0.15, 0.2) is 63.3 Å². The van der Waals surface area contributed by atoms with E-state index in [1.54, 1.807) is 43.3 Å². The smallest absolute Gasteiger partial charge is 0.258 e. The van der Waals surface area contributed by atoms with Gasteiger partial charge in [-0.1, -0.05) is 51.8 Å².